The van der Waals surface area contributed by atoms with Crippen LogP contribution >= 0.6 is 0 Å². The minimum atomic E-state index is -0.852. The fourth-order valence-corrected chi connectivity index (χ4v) is 2.12. The molecular formula is C17H18FNO2. The van der Waals surface area contributed by atoms with Gasteiger partial charge < -0.3 is 10.1 Å². The highest BCUT2D eigenvalue weighted by molar-refractivity contribution is 5.99. The van der Waals surface area contributed by atoms with Gasteiger partial charge in [0.1, 0.15) is 11.6 Å². The highest BCUT2D eigenvalue weighted by atomic mass is 19.1. The molecule has 21 heavy (non-hydrogen) atoms. The van der Waals surface area contributed by atoms with Crippen LogP contribution in [0.1, 0.15) is 19.4 Å². The molecule has 0 aliphatic heterocycles. The Hall–Kier alpha value is -2.36. The summed E-state index contributed by atoms with van der Waals surface area (Å²) in [5.41, 5.74) is 0.0707. The topological polar surface area (TPSA) is 38.3 Å². The molecule has 0 saturated carbocycles. The van der Waals surface area contributed by atoms with E-state index < -0.39 is 11.2 Å². The minimum absolute atomic E-state index is 0.172. The van der Waals surface area contributed by atoms with Crippen molar-refractivity contribution in [3.8, 4) is 5.75 Å². The maximum Gasteiger partial charge on any atom is 0.234 e. The first-order chi connectivity index (χ1) is 9.96. The number of methoxy groups -OCH3 is 1. The molecule has 1 amide bonds. The third-order valence-electron chi connectivity index (χ3n) is 3.47. The van der Waals surface area contributed by atoms with Gasteiger partial charge in [-0.05, 0) is 32.0 Å². The third kappa shape index (κ3) is 3.05. The van der Waals surface area contributed by atoms with Crippen LogP contribution in [-0.4, -0.2) is 13.0 Å². The summed E-state index contributed by atoms with van der Waals surface area (Å²) in [6.07, 6.45) is 0. The van der Waals surface area contributed by atoms with Crippen molar-refractivity contribution in [1.29, 1.82) is 0 Å². The lowest BCUT2D eigenvalue weighted by Gasteiger charge is -2.26. The second-order valence-electron chi connectivity index (χ2n) is 5.26. The van der Waals surface area contributed by atoms with E-state index >= 15 is 0 Å². The number of anilines is 1. The first-order valence-corrected chi connectivity index (χ1v) is 6.66. The number of hydrogen-bond donors (Lipinski definition) is 1. The van der Waals surface area contributed by atoms with Crippen LogP contribution in [-0.2, 0) is 10.2 Å². The summed E-state index contributed by atoms with van der Waals surface area (Å²) in [6, 6.07) is 13.4. The van der Waals surface area contributed by atoms with Crippen LogP contribution in [0.5, 0.6) is 5.75 Å². The molecule has 0 spiro atoms. The molecular weight excluding hydrogens is 269 g/mol. The van der Waals surface area contributed by atoms with Gasteiger partial charge in [-0.25, -0.2) is 4.39 Å². The lowest BCUT2D eigenvalue weighted by Crippen LogP contribution is -2.35. The first kappa shape index (κ1) is 15.0. The second-order valence-corrected chi connectivity index (χ2v) is 5.26. The number of nitrogens with one attached hydrogen (secondary N) is 1. The number of benzene rings is 2. The Labute approximate surface area is 123 Å². The monoisotopic (exact) mass is 287 g/mol. The van der Waals surface area contributed by atoms with Crippen molar-refractivity contribution in [3.63, 3.8) is 0 Å². The highest BCUT2D eigenvalue weighted by Crippen LogP contribution is 2.32. The Bertz CT molecular complexity index is 653. The number of rotatable bonds is 4. The summed E-state index contributed by atoms with van der Waals surface area (Å²) >= 11 is 0. The van der Waals surface area contributed by atoms with E-state index in [1.165, 1.54) is 12.1 Å². The van der Waals surface area contributed by atoms with Gasteiger partial charge in [0.05, 0.1) is 18.2 Å². The van der Waals surface area contributed by atoms with Crippen molar-refractivity contribution in [1.82, 2.24) is 0 Å². The van der Waals surface area contributed by atoms with E-state index in [1.807, 2.05) is 18.2 Å². The van der Waals surface area contributed by atoms with Gasteiger partial charge in [-0.1, -0.05) is 30.3 Å². The molecule has 0 saturated heterocycles. The molecule has 4 heteroatoms. The van der Waals surface area contributed by atoms with Crippen molar-refractivity contribution >= 4 is 11.6 Å². The van der Waals surface area contributed by atoms with Crippen LogP contribution in [0.25, 0.3) is 0 Å². The molecule has 0 aliphatic rings. The molecule has 0 unspecified atom stereocenters. The smallest absolute Gasteiger partial charge is 0.234 e. The van der Waals surface area contributed by atoms with Crippen molar-refractivity contribution in [2.75, 3.05) is 12.4 Å². The van der Waals surface area contributed by atoms with Gasteiger partial charge in [-0.3, -0.25) is 4.79 Å². The fraction of sp³-hybridized carbons (Fsp3) is 0.235. The van der Waals surface area contributed by atoms with E-state index in [4.69, 9.17) is 4.74 Å². The lowest BCUT2D eigenvalue weighted by atomic mass is 9.83. The zero-order chi connectivity index (χ0) is 15.5. The molecule has 2 aromatic rings. The van der Waals surface area contributed by atoms with Gasteiger partial charge in [-0.2, -0.15) is 0 Å². The Morgan fingerprint density at radius 3 is 2.38 bits per heavy atom. The Morgan fingerprint density at radius 1 is 1.10 bits per heavy atom. The van der Waals surface area contributed by atoms with Crippen molar-refractivity contribution in [2.45, 2.75) is 19.3 Å². The Balaban J connectivity index is 2.31. The molecule has 0 aliphatic carbocycles. The van der Waals surface area contributed by atoms with Crippen LogP contribution in [0.15, 0.2) is 48.5 Å². The predicted molar refractivity (Wildman–Crippen MR) is 81.0 cm³/mol. The summed E-state index contributed by atoms with van der Waals surface area (Å²) in [7, 11) is 1.56. The van der Waals surface area contributed by atoms with Crippen LogP contribution in [0.2, 0.25) is 0 Å². The van der Waals surface area contributed by atoms with Gasteiger partial charge in [0, 0.05) is 5.56 Å². The molecule has 2 aromatic carbocycles. The van der Waals surface area contributed by atoms with Gasteiger partial charge in [0.2, 0.25) is 5.91 Å². The molecule has 0 radical (unpaired) electrons. The van der Waals surface area contributed by atoms with E-state index in [-0.39, 0.29) is 11.6 Å². The number of para-hydroxylation sites is 2. The zero-order valence-corrected chi connectivity index (χ0v) is 12.3. The molecule has 3 nitrogen and oxygen atoms in total. The molecule has 0 bridgehead atoms. The molecule has 110 valence electrons. The molecule has 0 atom stereocenters. The zero-order valence-electron chi connectivity index (χ0n) is 12.3. The van der Waals surface area contributed by atoms with E-state index in [2.05, 4.69) is 5.32 Å². The molecule has 2 rings (SSSR count). The fourth-order valence-electron chi connectivity index (χ4n) is 2.12. The van der Waals surface area contributed by atoms with Crippen LogP contribution in [0, 0.1) is 5.82 Å². The number of ether oxygens (including phenoxy) is 1. The average Bonchev–Trinajstić information content (AvgIpc) is 2.49. The van der Waals surface area contributed by atoms with E-state index in [9.17, 15) is 9.18 Å². The van der Waals surface area contributed by atoms with Crippen molar-refractivity contribution in [3.05, 3.63) is 59.9 Å². The maximum atomic E-state index is 13.6. The van der Waals surface area contributed by atoms with Gasteiger partial charge in [0.15, 0.2) is 0 Å². The SMILES string of the molecule is COc1ccccc1C(C)(C)C(=O)Nc1ccccc1F. The quantitative estimate of drug-likeness (QED) is 0.930. The number of carbonyl (C=O) groups is 1. The number of carbonyl (C=O) groups excluding carboxylic acids is 1. The third-order valence-corrected chi connectivity index (χ3v) is 3.47. The molecule has 0 aromatic heterocycles. The number of halogens is 1. The summed E-state index contributed by atoms with van der Waals surface area (Å²) in [5, 5.41) is 2.63. The number of amides is 1. The molecule has 0 heterocycles. The molecule has 0 fully saturated rings. The normalized spacial score (nSPS) is 11.0. The van der Waals surface area contributed by atoms with E-state index in [0.717, 1.165) is 5.56 Å². The molecule has 1 N–H and O–H groups in total. The summed E-state index contributed by atoms with van der Waals surface area (Å²) in [4.78, 5) is 12.5. The van der Waals surface area contributed by atoms with Gasteiger partial charge in [0.25, 0.3) is 0 Å². The van der Waals surface area contributed by atoms with Gasteiger partial charge >= 0.3 is 0 Å². The predicted octanol–water partition coefficient (Wildman–Crippen LogP) is 3.75. The number of hydrogen-bond acceptors (Lipinski definition) is 2. The van der Waals surface area contributed by atoms with Crippen LogP contribution in [0.4, 0.5) is 10.1 Å². The van der Waals surface area contributed by atoms with E-state index in [1.54, 1.807) is 39.2 Å². The largest absolute Gasteiger partial charge is 0.496 e. The summed E-state index contributed by atoms with van der Waals surface area (Å²) in [6.45, 7) is 3.56. The highest BCUT2D eigenvalue weighted by Gasteiger charge is 2.32. The average molecular weight is 287 g/mol. The van der Waals surface area contributed by atoms with Crippen molar-refractivity contribution in [2.24, 2.45) is 0 Å². The van der Waals surface area contributed by atoms with Crippen LogP contribution < -0.4 is 10.1 Å². The van der Waals surface area contributed by atoms with Crippen LogP contribution in [0.3, 0.4) is 0 Å². The van der Waals surface area contributed by atoms with Crippen molar-refractivity contribution < 1.29 is 13.9 Å². The Morgan fingerprint density at radius 2 is 1.71 bits per heavy atom. The maximum absolute atomic E-state index is 13.6. The first-order valence-electron chi connectivity index (χ1n) is 6.66. The van der Waals surface area contributed by atoms with E-state index in [0.29, 0.717) is 5.75 Å². The second kappa shape index (κ2) is 5.95. The minimum Gasteiger partial charge on any atom is -0.496 e. The Kier molecular flexibility index (Phi) is 4.26. The summed E-state index contributed by atoms with van der Waals surface area (Å²) in [5.74, 6) is -0.120. The standard InChI is InChI=1S/C17H18FNO2/c1-17(2,12-8-4-7-11-15(12)21-3)16(20)19-14-10-6-5-9-13(14)18/h4-11H,1-3H3,(H,19,20). The summed E-state index contributed by atoms with van der Waals surface area (Å²) < 4.78 is 18.9. The van der Waals surface area contributed by atoms with Gasteiger partial charge in [-0.15, -0.1) is 0 Å². The lowest BCUT2D eigenvalue weighted by molar-refractivity contribution is -0.120.